The molecule has 0 aliphatic heterocycles. The normalized spacial score (nSPS) is 9.88. The number of para-hydroxylation sites is 2. The summed E-state index contributed by atoms with van der Waals surface area (Å²) >= 11 is 0. The van der Waals surface area contributed by atoms with Gasteiger partial charge in [0, 0.05) is 22.0 Å². The second-order valence-corrected chi connectivity index (χ2v) is 5.47. The fraction of sp³-hybridized carbons (Fsp3) is 0.208. The SMILES string of the molecule is CC.CC.CC(=O)c1ccc(-n2c3ccccc3c3ccccc32)cc1. The molecule has 3 aromatic carbocycles. The Morgan fingerprint density at radius 3 is 1.50 bits per heavy atom. The Morgan fingerprint density at radius 1 is 0.654 bits per heavy atom. The highest BCUT2D eigenvalue weighted by Crippen LogP contribution is 2.31. The predicted octanol–water partition coefficient (Wildman–Crippen LogP) is 7.04. The van der Waals surface area contributed by atoms with E-state index in [9.17, 15) is 4.79 Å². The molecule has 26 heavy (non-hydrogen) atoms. The number of aromatic nitrogens is 1. The lowest BCUT2D eigenvalue weighted by Gasteiger charge is -2.08. The number of hydrogen-bond acceptors (Lipinski definition) is 1. The molecule has 1 aromatic heterocycles. The summed E-state index contributed by atoms with van der Waals surface area (Å²) in [6, 6.07) is 24.6. The van der Waals surface area contributed by atoms with Gasteiger partial charge in [-0.3, -0.25) is 4.79 Å². The molecule has 0 saturated carbocycles. The average Bonchev–Trinajstić information content (AvgIpc) is 3.06. The summed E-state index contributed by atoms with van der Waals surface area (Å²) in [5, 5.41) is 2.49. The summed E-state index contributed by atoms with van der Waals surface area (Å²) in [5.41, 5.74) is 4.17. The minimum absolute atomic E-state index is 0.0915. The Bertz CT molecular complexity index is 941. The van der Waals surface area contributed by atoms with Crippen LogP contribution in [-0.4, -0.2) is 10.4 Å². The fourth-order valence-corrected chi connectivity index (χ4v) is 3.05. The molecule has 0 unspecified atom stereocenters. The molecule has 134 valence electrons. The van der Waals surface area contributed by atoms with Gasteiger partial charge in [0.25, 0.3) is 0 Å². The average molecular weight is 345 g/mol. The molecule has 2 heteroatoms. The standard InChI is InChI=1S/C20H15NO.2C2H6/c1-14(22)15-10-12-16(13-11-15)21-19-8-4-2-6-17(19)18-7-3-5-9-20(18)21;2*1-2/h2-13H,1H3;2*1-2H3. The maximum absolute atomic E-state index is 11.5. The first kappa shape index (κ1) is 19.5. The number of benzene rings is 3. The lowest BCUT2D eigenvalue weighted by Crippen LogP contribution is -1.96. The Kier molecular flexibility index (Phi) is 6.74. The number of carbonyl (C=O) groups excluding carboxylic acids is 1. The maximum Gasteiger partial charge on any atom is 0.159 e. The van der Waals surface area contributed by atoms with Crippen molar-refractivity contribution in [2.24, 2.45) is 0 Å². The van der Waals surface area contributed by atoms with E-state index >= 15 is 0 Å². The largest absolute Gasteiger partial charge is 0.309 e. The number of hydrogen-bond donors (Lipinski definition) is 0. The molecule has 0 N–H and O–H groups in total. The number of ketones is 1. The first-order valence-corrected chi connectivity index (χ1v) is 9.35. The van der Waals surface area contributed by atoms with E-state index in [-0.39, 0.29) is 5.78 Å². The van der Waals surface area contributed by atoms with Gasteiger partial charge >= 0.3 is 0 Å². The van der Waals surface area contributed by atoms with Gasteiger partial charge in [-0.2, -0.15) is 0 Å². The molecule has 0 fully saturated rings. The number of rotatable bonds is 2. The molecule has 0 atom stereocenters. The van der Waals surface area contributed by atoms with Crippen molar-refractivity contribution in [3.63, 3.8) is 0 Å². The Morgan fingerprint density at radius 2 is 1.08 bits per heavy atom. The minimum Gasteiger partial charge on any atom is -0.309 e. The zero-order chi connectivity index (χ0) is 19.1. The van der Waals surface area contributed by atoms with Crippen LogP contribution in [0.3, 0.4) is 0 Å². The molecule has 1 heterocycles. The molecule has 0 bridgehead atoms. The van der Waals surface area contributed by atoms with Crippen molar-refractivity contribution < 1.29 is 4.79 Å². The van der Waals surface area contributed by atoms with E-state index in [1.807, 2.05) is 52.0 Å². The number of nitrogens with zero attached hydrogens (tertiary/aromatic N) is 1. The van der Waals surface area contributed by atoms with Gasteiger partial charge < -0.3 is 4.57 Å². The maximum atomic E-state index is 11.5. The third-order valence-electron chi connectivity index (χ3n) is 4.11. The van der Waals surface area contributed by atoms with Gasteiger partial charge in [0.1, 0.15) is 0 Å². The molecule has 4 rings (SSSR count). The topological polar surface area (TPSA) is 22.0 Å². The predicted molar refractivity (Wildman–Crippen MR) is 113 cm³/mol. The third-order valence-corrected chi connectivity index (χ3v) is 4.11. The van der Waals surface area contributed by atoms with Crippen molar-refractivity contribution in [2.75, 3.05) is 0 Å². The van der Waals surface area contributed by atoms with E-state index in [0.717, 1.165) is 11.3 Å². The van der Waals surface area contributed by atoms with E-state index in [0.29, 0.717) is 0 Å². The number of fused-ring (bicyclic) bond motifs is 3. The Hall–Kier alpha value is -2.87. The Balaban J connectivity index is 0.000000570. The van der Waals surface area contributed by atoms with Crippen LogP contribution in [-0.2, 0) is 0 Å². The van der Waals surface area contributed by atoms with Gasteiger partial charge in [-0.05, 0) is 43.3 Å². The monoisotopic (exact) mass is 345 g/mol. The van der Waals surface area contributed by atoms with Crippen LogP contribution in [0, 0.1) is 0 Å². The Labute approximate surface area is 156 Å². The summed E-state index contributed by atoms with van der Waals surface area (Å²) in [5.74, 6) is 0.0915. The quantitative estimate of drug-likeness (QED) is 0.357. The van der Waals surface area contributed by atoms with Gasteiger partial charge in [-0.1, -0.05) is 64.1 Å². The highest BCUT2D eigenvalue weighted by atomic mass is 16.1. The van der Waals surface area contributed by atoms with Crippen molar-refractivity contribution in [3.05, 3.63) is 78.4 Å². The summed E-state index contributed by atoms with van der Waals surface area (Å²) in [4.78, 5) is 11.5. The van der Waals surface area contributed by atoms with Crippen LogP contribution in [0.25, 0.3) is 27.5 Å². The second-order valence-electron chi connectivity index (χ2n) is 5.47. The second kappa shape index (κ2) is 9.00. The smallest absolute Gasteiger partial charge is 0.159 e. The van der Waals surface area contributed by atoms with E-state index in [1.165, 1.54) is 21.8 Å². The van der Waals surface area contributed by atoms with Gasteiger partial charge in [-0.25, -0.2) is 0 Å². The first-order valence-electron chi connectivity index (χ1n) is 9.35. The van der Waals surface area contributed by atoms with Gasteiger partial charge in [0.05, 0.1) is 11.0 Å². The van der Waals surface area contributed by atoms with E-state index in [4.69, 9.17) is 0 Å². The van der Waals surface area contributed by atoms with Crippen molar-refractivity contribution in [1.29, 1.82) is 0 Å². The lowest BCUT2D eigenvalue weighted by atomic mass is 10.1. The number of Topliss-reactive ketones (excluding diaryl/α,β-unsaturated/α-hetero) is 1. The van der Waals surface area contributed by atoms with Crippen LogP contribution < -0.4 is 0 Å². The summed E-state index contributed by atoms with van der Waals surface area (Å²) in [6.07, 6.45) is 0. The lowest BCUT2D eigenvalue weighted by molar-refractivity contribution is 0.101. The van der Waals surface area contributed by atoms with Crippen molar-refractivity contribution in [1.82, 2.24) is 4.57 Å². The van der Waals surface area contributed by atoms with E-state index < -0.39 is 0 Å². The molecule has 4 aromatic rings. The molecular formula is C24H27NO. The molecule has 0 spiro atoms. The number of carbonyl (C=O) groups is 1. The minimum atomic E-state index is 0.0915. The summed E-state index contributed by atoms with van der Waals surface area (Å²) < 4.78 is 2.24. The molecule has 0 saturated heterocycles. The van der Waals surface area contributed by atoms with E-state index in [2.05, 4.69) is 53.1 Å². The van der Waals surface area contributed by atoms with Gasteiger partial charge in [-0.15, -0.1) is 0 Å². The van der Waals surface area contributed by atoms with Crippen LogP contribution in [0.5, 0.6) is 0 Å². The first-order chi connectivity index (χ1) is 12.8. The summed E-state index contributed by atoms with van der Waals surface area (Å²) in [6.45, 7) is 9.59. The molecular weight excluding hydrogens is 318 g/mol. The molecule has 0 radical (unpaired) electrons. The molecule has 0 aliphatic carbocycles. The molecule has 2 nitrogen and oxygen atoms in total. The van der Waals surface area contributed by atoms with Crippen molar-refractivity contribution >= 4 is 27.6 Å². The van der Waals surface area contributed by atoms with E-state index in [1.54, 1.807) is 6.92 Å². The van der Waals surface area contributed by atoms with Crippen LogP contribution in [0.1, 0.15) is 45.0 Å². The third kappa shape index (κ3) is 3.55. The molecule has 0 aliphatic rings. The highest BCUT2D eigenvalue weighted by Gasteiger charge is 2.11. The van der Waals surface area contributed by atoms with Crippen molar-refractivity contribution in [3.8, 4) is 5.69 Å². The van der Waals surface area contributed by atoms with Crippen LogP contribution in [0.2, 0.25) is 0 Å². The highest BCUT2D eigenvalue weighted by molar-refractivity contribution is 6.09. The van der Waals surface area contributed by atoms with Gasteiger partial charge in [0.2, 0.25) is 0 Å². The van der Waals surface area contributed by atoms with Crippen LogP contribution >= 0.6 is 0 Å². The van der Waals surface area contributed by atoms with Crippen LogP contribution in [0.15, 0.2) is 72.8 Å². The van der Waals surface area contributed by atoms with Crippen molar-refractivity contribution in [2.45, 2.75) is 34.6 Å². The van der Waals surface area contributed by atoms with Crippen LogP contribution in [0.4, 0.5) is 0 Å². The molecule has 0 amide bonds. The fourth-order valence-electron chi connectivity index (χ4n) is 3.05. The van der Waals surface area contributed by atoms with Gasteiger partial charge in [0.15, 0.2) is 5.78 Å². The zero-order valence-corrected chi connectivity index (χ0v) is 16.3. The summed E-state index contributed by atoms with van der Waals surface area (Å²) in [7, 11) is 0. The zero-order valence-electron chi connectivity index (χ0n) is 16.3.